The van der Waals surface area contributed by atoms with Gasteiger partial charge in [0.25, 0.3) is 0 Å². The van der Waals surface area contributed by atoms with E-state index in [0.29, 0.717) is 55.6 Å². The maximum absolute atomic E-state index is 11.4. The molecule has 350 valence electrons. The Balaban J connectivity index is 0.935. The van der Waals surface area contributed by atoms with E-state index in [4.69, 9.17) is 20.6 Å². The van der Waals surface area contributed by atoms with Gasteiger partial charge in [0, 0.05) is 67.4 Å². The molecule has 3 aromatic rings. The predicted octanol–water partition coefficient (Wildman–Crippen LogP) is 5.78. The fraction of sp³-hybridized carbons (Fsp3) is 0.640. The van der Waals surface area contributed by atoms with Crippen molar-refractivity contribution in [2.24, 2.45) is 23.3 Å². The first-order valence-electron chi connectivity index (χ1n) is 24.0. The molecule has 1 fully saturated rings. The molecule has 0 saturated heterocycles. The molecular weight excluding hydrogens is 797 g/mol. The van der Waals surface area contributed by atoms with Crippen molar-refractivity contribution < 1.29 is 34.7 Å². The number of nitrogens with two attached hydrogens (primary N) is 2. The van der Waals surface area contributed by atoms with Crippen LogP contribution in [0.25, 0.3) is 0 Å². The van der Waals surface area contributed by atoms with E-state index < -0.39 is 12.2 Å². The maximum Gasteiger partial charge on any atom is 0.161 e. The molecule has 0 radical (unpaired) electrons. The van der Waals surface area contributed by atoms with E-state index in [1.165, 1.54) is 36.1 Å². The molecule has 1 aliphatic heterocycles. The van der Waals surface area contributed by atoms with Crippen LogP contribution in [0.3, 0.4) is 0 Å². The average Bonchev–Trinajstić information content (AvgIpc) is 4.01. The third kappa shape index (κ3) is 14.3. The van der Waals surface area contributed by atoms with Gasteiger partial charge in [-0.25, -0.2) is 0 Å². The summed E-state index contributed by atoms with van der Waals surface area (Å²) in [6, 6.07) is 9.65. The molecule has 2 aromatic heterocycles. The number of phenolic OH excluding ortho intramolecular Hbond substituents is 1. The summed E-state index contributed by atoms with van der Waals surface area (Å²) in [6.07, 6.45) is 18.3. The van der Waals surface area contributed by atoms with E-state index in [-0.39, 0.29) is 43.1 Å². The number of aromatic amines is 1. The van der Waals surface area contributed by atoms with Crippen molar-refractivity contribution in [3.05, 3.63) is 93.5 Å². The zero-order chi connectivity index (χ0) is 44.7. The summed E-state index contributed by atoms with van der Waals surface area (Å²) < 4.78 is 12.3. The molecule has 0 bridgehead atoms. The fourth-order valence-electron chi connectivity index (χ4n) is 10.3. The summed E-state index contributed by atoms with van der Waals surface area (Å²) in [5.74, 6) is 4.16. The minimum absolute atomic E-state index is 0.0157. The molecule has 13 nitrogen and oxygen atoms in total. The zero-order valence-corrected chi connectivity index (χ0v) is 37.9. The molecule has 13 heteroatoms. The van der Waals surface area contributed by atoms with E-state index >= 15 is 0 Å². The summed E-state index contributed by atoms with van der Waals surface area (Å²) >= 11 is 0. The highest BCUT2D eigenvalue weighted by atomic mass is 16.5. The molecule has 3 heterocycles. The van der Waals surface area contributed by atoms with Gasteiger partial charge in [0.05, 0.1) is 24.6 Å². The highest BCUT2D eigenvalue weighted by molar-refractivity contribution is 5.42. The van der Waals surface area contributed by atoms with Crippen LogP contribution in [0.5, 0.6) is 11.5 Å². The lowest BCUT2D eigenvalue weighted by Crippen LogP contribution is -2.47. The number of ether oxygens (including phenoxy) is 1. The number of aliphatic hydroxyl groups is 4. The SMILES string of the molecule is CNCC(NCC(C)O)C1c2cc(C(O)COc3cc(CCc4cc(CO)c(CCCCCCC(N)CCC(O)CCC5=CCNC(N)=C5)o4)ccc3O)[nH]c2CCC2CCCC21. The Hall–Kier alpha value is -3.82. The van der Waals surface area contributed by atoms with E-state index in [2.05, 4.69) is 33.1 Å². The number of aromatic hydroxyl groups is 1. The van der Waals surface area contributed by atoms with Crippen molar-refractivity contribution in [3.63, 3.8) is 0 Å². The Bertz CT molecular complexity index is 1910. The lowest BCUT2D eigenvalue weighted by Gasteiger charge is -2.35. The molecule has 1 aromatic carbocycles. The number of rotatable bonds is 27. The molecule has 0 spiro atoms. The second-order valence-corrected chi connectivity index (χ2v) is 18.7. The van der Waals surface area contributed by atoms with Gasteiger partial charge in [0.15, 0.2) is 11.5 Å². The van der Waals surface area contributed by atoms with Crippen molar-refractivity contribution in [1.29, 1.82) is 0 Å². The maximum atomic E-state index is 11.4. The first-order chi connectivity index (χ1) is 30.5. The number of dihydropyridines is 1. The van der Waals surface area contributed by atoms with Gasteiger partial charge in [0.2, 0.25) is 0 Å². The summed E-state index contributed by atoms with van der Waals surface area (Å²) in [5.41, 5.74) is 18.4. The summed E-state index contributed by atoms with van der Waals surface area (Å²) in [5, 5.41) is 62.9. The van der Waals surface area contributed by atoms with E-state index in [0.717, 1.165) is 106 Å². The van der Waals surface area contributed by atoms with Crippen LogP contribution in [0.2, 0.25) is 0 Å². The number of aliphatic hydroxyl groups excluding tert-OH is 4. The molecule has 3 aliphatic rings. The third-order valence-corrected chi connectivity index (χ3v) is 13.7. The lowest BCUT2D eigenvalue weighted by atomic mass is 9.76. The summed E-state index contributed by atoms with van der Waals surface area (Å²) in [4.78, 5) is 3.57. The van der Waals surface area contributed by atoms with Gasteiger partial charge in [-0.3, -0.25) is 0 Å². The number of nitrogens with one attached hydrogen (secondary N) is 4. The normalized spacial score (nSPS) is 21.0. The van der Waals surface area contributed by atoms with Gasteiger partial charge in [0.1, 0.15) is 24.2 Å². The number of allylic oxidation sites excluding steroid dienone is 2. The number of furan rings is 1. The Kier molecular flexibility index (Phi) is 18.9. The predicted molar refractivity (Wildman–Crippen MR) is 248 cm³/mol. The lowest BCUT2D eigenvalue weighted by molar-refractivity contribution is 0.103. The molecular formula is C50H78N6O7. The smallest absolute Gasteiger partial charge is 0.161 e. The van der Waals surface area contributed by atoms with Gasteiger partial charge in [-0.1, -0.05) is 44.2 Å². The molecule has 0 amide bonds. The Morgan fingerprint density at radius 1 is 0.937 bits per heavy atom. The second-order valence-electron chi connectivity index (χ2n) is 18.7. The second kappa shape index (κ2) is 24.5. The molecule has 13 N–H and O–H groups in total. The number of phenols is 1. The van der Waals surface area contributed by atoms with Gasteiger partial charge in [-0.15, -0.1) is 0 Å². The van der Waals surface area contributed by atoms with Gasteiger partial charge in [-0.05, 0) is 137 Å². The van der Waals surface area contributed by atoms with E-state index in [9.17, 15) is 25.5 Å². The summed E-state index contributed by atoms with van der Waals surface area (Å²) in [7, 11) is 1.97. The van der Waals surface area contributed by atoms with E-state index in [1.54, 1.807) is 6.07 Å². The number of H-pyrrole nitrogens is 1. The third-order valence-electron chi connectivity index (χ3n) is 13.7. The highest BCUT2D eigenvalue weighted by Gasteiger charge is 2.42. The van der Waals surface area contributed by atoms with Crippen molar-refractivity contribution in [2.45, 2.75) is 159 Å². The van der Waals surface area contributed by atoms with Crippen molar-refractivity contribution in [1.82, 2.24) is 20.9 Å². The van der Waals surface area contributed by atoms with Crippen LogP contribution >= 0.6 is 0 Å². The number of benzene rings is 1. The fourth-order valence-corrected chi connectivity index (χ4v) is 10.3. The Morgan fingerprint density at radius 3 is 2.57 bits per heavy atom. The molecule has 1 saturated carbocycles. The van der Waals surface area contributed by atoms with Crippen LogP contribution in [0.1, 0.15) is 142 Å². The number of aryl methyl sites for hydroxylation is 4. The molecule has 8 atom stereocenters. The Morgan fingerprint density at radius 2 is 1.78 bits per heavy atom. The number of aromatic nitrogens is 1. The van der Waals surface area contributed by atoms with Crippen molar-refractivity contribution in [3.8, 4) is 11.5 Å². The standard InChI is InChI=1S/C50H78N6O7/c1-32(58)28-55-44(29-53-2)50-40-10-7-8-35(40)15-20-42-41(50)27-43(56-42)46(61)31-62-48-24-33(14-21-45(48)60)13-19-39-26-36(30-57)47(63-39)11-6-4-3-5-9-37(51)16-18-38(59)17-12-34-22-23-54-49(52)25-34/h14,21-22,24-27,32,35,37-38,40,44,46,50,53-61H,3-13,15-20,23,28-31,51-52H2,1-2H3. The molecule has 63 heavy (non-hydrogen) atoms. The summed E-state index contributed by atoms with van der Waals surface area (Å²) in [6.45, 7) is 3.78. The van der Waals surface area contributed by atoms with Crippen LogP contribution in [0.15, 0.2) is 58.3 Å². The quantitative estimate of drug-likeness (QED) is 0.0410. The Labute approximate surface area is 375 Å². The molecule has 6 rings (SSSR count). The van der Waals surface area contributed by atoms with Crippen LogP contribution in [0, 0.1) is 11.8 Å². The van der Waals surface area contributed by atoms with E-state index in [1.807, 2.05) is 38.2 Å². The number of hydrogen-bond acceptors (Lipinski definition) is 12. The van der Waals surface area contributed by atoms with Gasteiger partial charge in [-0.2, -0.15) is 0 Å². The number of fused-ring (bicyclic) bond motifs is 2. The van der Waals surface area contributed by atoms with Crippen molar-refractivity contribution >= 4 is 0 Å². The zero-order valence-electron chi connectivity index (χ0n) is 37.9. The molecule has 8 unspecified atom stereocenters. The first kappa shape index (κ1) is 48.6. The van der Waals surface area contributed by atoms with Crippen LogP contribution < -0.4 is 32.2 Å². The number of unbranched alkanes of at least 4 members (excludes halogenated alkanes) is 3. The largest absolute Gasteiger partial charge is 0.504 e. The topological polar surface area (TPSA) is 227 Å². The van der Waals surface area contributed by atoms with Crippen LogP contribution in [-0.2, 0) is 32.3 Å². The average molecular weight is 875 g/mol. The van der Waals surface area contributed by atoms with Gasteiger partial charge >= 0.3 is 0 Å². The highest BCUT2D eigenvalue weighted by Crippen LogP contribution is 2.49. The monoisotopic (exact) mass is 875 g/mol. The van der Waals surface area contributed by atoms with Crippen LogP contribution in [-0.4, -0.2) is 88.1 Å². The van der Waals surface area contributed by atoms with Crippen molar-refractivity contribution in [2.75, 3.05) is 33.3 Å². The van der Waals surface area contributed by atoms with Crippen LogP contribution in [0.4, 0.5) is 0 Å². The minimum atomic E-state index is -0.911. The number of hydrogen-bond donors (Lipinski definition) is 11. The first-order valence-corrected chi connectivity index (χ1v) is 24.0. The van der Waals surface area contributed by atoms with Gasteiger partial charge < -0.3 is 67.1 Å². The number of likely N-dealkylation sites (N-methyl/N-ethyl adjacent to an activating group) is 1. The molecule has 2 aliphatic carbocycles. The minimum Gasteiger partial charge on any atom is -0.504 e.